The molecule has 1 amide bonds. The summed E-state index contributed by atoms with van der Waals surface area (Å²) in [5.41, 5.74) is 2.79. The number of pyridine rings is 1. The number of aromatic amines is 1. The zero-order valence-corrected chi connectivity index (χ0v) is 15.3. The summed E-state index contributed by atoms with van der Waals surface area (Å²) in [6.45, 7) is 0. The Hall–Kier alpha value is -3.35. The average Bonchev–Trinajstić information content (AvgIpc) is 3.28. The zero-order chi connectivity index (χ0) is 19.1. The van der Waals surface area contributed by atoms with Gasteiger partial charge in [-0.3, -0.25) is 9.78 Å². The highest BCUT2D eigenvalue weighted by molar-refractivity contribution is 6.08. The lowest BCUT2D eigenvalue weighted by molar-refractivity contribution is 0.102. The third-order valence-electron chi connectivity index (χ3n) is 5.44. The molecular weight excluding hydrogens is 356 g/mol. The fourth-order valence-corrected chi connectivity index (χ4v) is 4.10. The molecule has 5 rings (SSSR count). The molecule has 1 saturated carbocycles. The lowest BCUT2D eigenvalue weighted by atomic mass is 9.89. The topological polar surface area (TPSA) is 92.4 Å². The van der Waals surface area contributed by atoms with Gasteiger partial charge in [-0.2, -0.15) is 0 Å². The van der Waals surface area contributed by atoms with Gasteiger partial charge in [-0.1, -0.05) is 25.3 Å². The van der Waals surface area contributed by atoms with Crippen molar-refractivity contribution >= 4 is 28.2 Å². The second-order valence-corrected chi connectivity index (χ2v) is 7.29. The lowest BCUT2D eigenvalue weighted by Crippen LogP contribution is -2.13. The van der Waals surface area contributed by atoms with Crippen molar-refractivity contribution in [1.29, 1.82) is 0 Å². The Morgan fingerprint density at radius 2 is 2.04 bits per heavy atom. The minimum atomic E-state index is -0.518. The number of rotatable bonds is 3. The van der Waals surface area contributed by atoms with Crippen LogP contribution in [0.3, 0.4) is 0 Å². The fourth-order valence-electron chi connectivity index (χ4n) is 4.10. The third-order valence-corrected chi connectivity index (χ3v) is 5.44. The zero-order valence-electron chi connectivity index (χ0n) is 15.3. The molecule has 1 fully saturated rings. The number of imidazole rings is 1. The molecule has 0 aliphatic heterocycles. The van der Waals surface area contributed by atoms with Gasteiger partial charge in [0.2, 0.25) is 0 Å². The number of aromatic nitrogens is 3. The van der Waals surface area contributed by atoms with Gasteiger partial charge in [0.25, 0.3) is 5.91 Å². The van der Waals surface area contributed by atoms with Crippen LogP contribution in [0.2, 0.25) is 0 Å². The van der Waals surface area contributed by atoms with Crippen LogP contribution < -0.4 is 11.1 Å². The van der Waals surface area contributed by atoms with E-state index in [9.17, 15) is 9.59 Å². The van der Waals surface area contributed by atoms with Crippen molar-refractivity contribution in [3.63, 3.8) is 0 Å². The van der Waals surface area contributed by atoms with E-state index in [2.05, 4.69) is 10.3 Å². The van der Waals surface area contributed by atoms with E-state index < -0.39 is 5.76 Å². The number of amides is 1. The smallest absolute Gasteiger partial charge is 0.408 e. The Labute approximate surface area is 160 Å². The molecule has 1 aliphatic rings. The van der Waals surface area contributed by atoms with Gasteiger partial charge >= 0.3 is 5.76 Å². The van der Waals surface area contributed by atoms with Gasteiger partial charge in [0.1, 0.15) is 5.82 Å². The highest BCUT2D eigenvalue weighted by Crippen LogP contribution is 2.33. The van der Waals surface area contributed by atoms with Gasteiger partial charge in [-0.25, -0.2) is 9.78 Å². The summed E-state index contributed by atoms with van der Waals surface area (Å²) in [5.74, 6) is 0.569. The molecule has 0 bridgehead atoms. The lowest BCUT2D eigenvalue weighted by Gasteiger charge is -2.20. The molecule has 2 N–H and O–H groups in total. The van der Waals surface area contributed by atoms with Crippen LogP contribution in [0, 0.1) is 0 Å². The number of benzene rings is 1. The maximum atomic E-state index is 13.0. The van der Waals surface area contributed by atoms with E-state index >= 15 is 0 Å². The van der Waals surface area contributed by atoms with Crippen molar-refractivity contribution in [2.45, 2.75) is 38.0 Å². The average molecular weight is 376 g/mol. The van der Waals surface area contributed by atoms with Gasteiger partial charge in [0.05, 0.1) is 11.0 Å². The number of anilines is 1. The number of H-pyrrole nitrogens is 1. The predicted octanol–water partition coefficient (Wildman–Crippen LogP) is 4.07. The first-order valence-electron chi connectivity index (χ1n) is 9.60. The first-order valence-corrected chi connectivity index (χ1v) is 9.60. The van der Waals surface area contributed by atoms with Crippen LogP contribution >= 0.6 is 0 Å². The molecular formula is C21H20N4O3. The van der Waals surface area contributed by atoms with Crippen molar-refractivity contribution < 1.29 is 9.21 Å². The van der Waals surface area contributed by atoms with Crippen LogP contribution in [0.25, 0.3) is 16.6 Å². The molecule has 1 aromatic carbocycles. The van der Waals surface area contributed by atoms with Crippen molar-refractivity contribution in [2.24, 2.45) is 0 Å². The number of hydrogen-bond acceptors (Lipinski definition) is 4. The summed E-state index contributed by atoms with van der Waals surface area (Å²) in [6, 6.07) is 10.8. The molecule has 0 radical (unpaired) electrons. The Kier molecular flexibility index (Phi) is 4.00. The van der Waals surface area contributed by atoms with E-state index in [-0.39, 0.29) is 5.91 Å². The van der Waals surface area contributed by atoms with Gasteiger partial charge in [-0.05, 0) is 43.2 Å². The molecule has 7 heteroatoms. The fraction of sp³-hybridized carbons (Fsp3) is 0.286. The monoisotopic (exact) mass is 376 g/mol. The van der Waals surface area contributed by atoms with E-state index in [1.807, 2.05) is 28.8 Å². The van der Waals surface area contributed by atoms with Crippen LogP contribution in [-0.4, -0.2) is 20.3 Å². The summed E-state index contributed by atoms with van der Waals surface area (Å²) in [5, 5.41) is 2.89. The SMILES string of the molecule is O=C(Nc1ccc2oc(=O)[nH]c2c1)c1nc(C2CCCCC2)n2ccccc12. The van der Waals surface area contributed by atoms with Crippen LogP contribution in [-0.2, 0) is 0 Å². The Morgan fingerprint density at radius 3 is 2.89 bits per heavy atom. The molecule has 0 unspecified atom stereocenters. The van der Waals surface area contributed by atoms with E-state index in [1.165, 1.54) is 19.3 Å². The first-order chi connectivity index (χ1) is 13.7. The maximum Gasteiger partial charge on any atom is 0.417 e. The van der Waals surface area contributed by atoms with E-state index in [1.54, 1.807) is 18.2 Å². The maximum absolute atomic E-state index is 13.0. The van der Waals surface area contributed by atoms with Crippen molar-refractivity contribution in [3.05, 3.63) is 64.7 Å². The quantitative estimate of drug-likeness (QED) is 0.564. The van der Waals surface area contributed by atoms with Crippen LogP contribution in [0.5, 0.6) is 0 Å². The second-order valence-electron chi connectivity index (χ2n) is 7.29. The number of hydrogen-bond donors (Lipinski definition) is 2. The van der Waals surface area contributed by atoms with Crippen molar-refractivity contribution in [3.8, 4) is 0 Å². The largest absolute Gasteiger partial charge is 0.417 e. The van der Waals surface area contributed by atoms with Crippen molar-refractivity contribution in [1.82, 2.24) is 14.4 Å². The van der Waals surface area contributed by atoms with Gasteiger partial charge in [0.15, 0.2) is 11.3 Å². The van der Waals surface area contributed by atoms with E-state index in [4.69, 9.17) is 9.40 Å². The van der Waals surface area contributed by atoms with Gasteiger partial charge in [-0.15, -0.1) is 0 Å². The summed E-state index contributed by atoms with van der Waals surface area (Å²) in [4.78, 5) is 31.6. The summed E-state index contributed by atoms with van der Waals surface area (Å²) < 4.78 is 7.04. The van der Waals surface area contributed by atoms with Crippen LogP contribution in [0.4, 0.5) is 5.69 Å². The number of nitrogens with one attached hydrogen (secondary N) is 2. The predicted molar refractivity (Wildman–Crippen MR) is 106 cm³/mol. The third kappa shape index (κ3) is 2.89. The minimum absolute atomic E-state index is 0.268. The minimum Gasteiger partial charge on any atom is -0.408 e. The van der Waals surface area contributed by atoms with E-state index in [0.29, 0.717) is 28.4 Å². The molecule has 4 aromatic rings. The highest BCUT2D eigenvalue weighted by atomic mass is 16.4. The van der Waals surface area contributed by atoms with Crippen LogP contribution in [0.1, 0.15) is 54.3 Å². The molecule has 3 heterocycles. The standard InChI is InChI=1S/C21H20N4O3/c26-20(22-14-9-10-17-15(12-14)23-21(27)28-17)18-16-8-4-5-11-25(16)19(24-18)13-6-2-1-3-7-13/h4-5,8-13H,1-3,6-7H2,(H,22,26)(H,23,27). The van der Waals surface area contributed by atoms with Gasteiger partial charge in [0, 0.05) is 17.8 Å². The molecule has 28 heavy (non-hydrogen) atoms. The van der Waals surface area contributed by atoms with Gasteiger partial charge < -0.3 is 14.1 Å². The number of carbonyl (C=O) groups is 1. The molecule has 142 valence electrons. The highest BCUT2D eigenvalue weighted by Gasteiger charge is 2.24. The normalized spacial score (nSPS) is 15.3. The summed E-state index contributed by atoms with van der Waals surface area (Å²) in [7, 11) is 0. The molecule has 0 atom stereocenters. The molecule has 3 aromatic heterocycles. The van der Waals surface area contributed by atoms with Crippen molar-refractivity contribution in [2.75, 3.05) is 5.32 Å². The number of nitrogens with zero attached hydrogens (tertiary/aromatic N) is 2. The number of oxazole rings is 1. The van der Waals surface area contributed by atoms with E-state index in [0.717, 1.165) is 24.2 Å². The number of fused-ring (bicyclic) bond motifs is 2. The van der Waals surface area contributed by atoms with Crippen LogP contribution in [0.15, 0.2) is 51.8 Å². The molecule has 1 aliphatic carbocycles. The summed E-state index contributed by atoms with van der Waals surface area (Å²) in [6.07, 6.45) is 7.88. The Morgan fingerprint density at radius 1 is 1.18 bits per heavy atom. The summed E-state index contributed by atoms with van der Waals surface area (Å²) >= 11 is 0. The second kappa shape index (κ2) is 6.67. The molecule has 0 spiro atoms. The first kappa shape index (κ1) is 16.8. The number of carbonyl (C=O) groups excluding carboxylic acids is 1. The Bertz CT molecular complexity index is 1230. The Balaban J connectivity index is 1.50. The molecule has 0 saturated heterocycles. The molecule has 7 nitrogen and oxygen atoms in total.